The molecule has 37 heavy (non-hydrogen) atoms. The van der Waals surface area contributed by atoms with Crippen LogP contribution in [0.5, 0.6) is 0 Å². The van der Waals surface area contributed by atoms with Gasteiger partial charge in [0.25, 0.3) is 0 Å². The van der Waals surface area contributed by atoms with Crippen molar-refractivity contribution in [3.63, 3.8) is 0 Å². The predicted molar refractivity (Wildman–Crippen MR) is 143 cm³/mol. The summed E-state index contributed by atoms with van der Waals surface area (Å²) < 4.78 is 11.3. The zero-order valence-corrected chi connectivity index (χ0v) is 20.7. The molecule has 0 N–H and O–H groups in total. The lowest BCUT2D eigenvalue weighted by atomic mass is 10.1. The molecule has 0 saturated heterocycles. The summed E-state index contributed by atoms with van der Waals surface area (Å²) in [5, 5.41) is 0. The van der Waals surface area contributed by atoms with E-state index in [9.17, 15) is 9.59 Å². The van der Waals surface area contributed by atoms with Crippen molar-refractivity contribution in [1.29, 1.82) is 0 Å². The zero-order chi connectivity index (χ0) is 25.7. The third-order valence-corrected chi connectivity index (χ3v) is 6.00. The summed E-state index contributed by atoms with van der Waals surface area (Å²) in [4.78, 5) is 28.4. The second kappa shape index (κ2) is 13.8. The van der Waals surface area contributed by atoms with Crippen molar-refractivity contribution < 1.29 is 19.1 Å². The molecule has 0 amide bonds. The normalized spacial score (nSPS) is 11.6. The van der Waals surface area contributed by atoms with E-state index < -0.39 is 18.0 Å². The fourth-order valence-electron chi connectivity index (χ4n) is 4.05. The average Bonchev–Trinajstić information content (AvgIpc) is 2.95. The van der Waals surface area contributed by atoms with Crippen molar-refractivity contribution in [3.05, 3.63) is 144 Å². The number of hydrogen-bond acceptors (Lipinski definition) is 5. The number of carbonyl (C=O) groups is 2. The third-order valence-electron chi connectivity index (χ3n) is 6.00. The molecule has 0 fully saturated rings. The molecule has 188 valence electrons. The summed E-state index contributed by atoms with van der Waals surface area (Å²) >= 11 is 0. The lowest BCUT2D eigenvalue weighted by Crippen LogP contribution is -2.43. The van der Waals surface area contributed by atoms with Gasteiger partial charge in [0.1, 0.15) is 19.3 Å². The van der Waals surface area contributed by atoms with Gasteiger partial charge in [0.15, 0.2) is 0 Å². The van der Waals surface area contributed by atoms with E-state index in [4.69, 9.17) is 9.47 Å². The molecule has 5 nitrogen and oxygen atoms in total. The predicted octanol–water partition coefficient (Wildman–Crippen LogP) is 5.93. The molecule has 0 spiro atoms. The van der Waals surface area contributed by atoms with Gasteiger partial charge in [-0.15, -0.1) is 0 Å². The fourth-order valence-corrected chi connectivity index (χ4v) is 4.05. The number of benzene rings is 4. The molecule has 0 aliphatic carbocycles. The number of carbonyl (C=O) groups excluding carboxylic acids is 2. The maximum atomic E-state index is 13.5. The van der Waals surface area contributed by atoms with Gasteiger partial charge in [0.05, 0.1) is 6.42 Å². The SMILES string of the molecule is O=C(C[C@H](C(=O)OCc1ccccc1)N(Cc1ccccc1)Cc1ccccc1)OCc1ccccc1. The van der Waals surface area contributed by atoms with Crippen LogP contribution in [0.4, 0.5) is 0 Å². The second-order valence-electron chi connectivity index (χ2n) is 8.84. The first kappa shape index (κ1) is 25.9. The highest BCUT2D eigenvalue weighted by molar-refractivity contribution is 5.82. The minimum atomic E-state index is -0.813. The van der Waals surface area contributed by atoms with Crippen molar-refractivity contribution in [2.24, 2.45) is 0 Å². The molecule has 0 heterocycles. The zero-order valence-electron chi connectivity index (χ0n) is 20.7. The summed E-state index contributed by atoms with van der Waals surface area (Å²) in [6, 6.07) is 38.0. The number of ether oxygens (including phenoxy) is 2. The summed E-state index contributed by atoms with van der Waals surface area (Å²) in [5.74, 6) is -0.899. The van der Waals surface area contributed by atoms with Gasteiger partial charge in [0.2, 0.25) is 0 Å². The highest BCUT2D eigenvalue weighted by Gasteiger charge is 2.31. The molecule has 0 aromatic heterocycles. The Labute approximate surface area is 218 Å². The summed E-state index contributed by atoms with van der Waals surface area (Å²) in [6.07, 6.45) is -0.111. The van der Waals surface area contributed by atoms with E-state index in [-0.39, 0.29) is 19.6 Å². The van der Waals surface area contributed by atoms with Crippen LogP contribution < -0.4 is 0 Å². The topological polar surface area (TPSA) is 55.8 Å². The quantitative estimate of drug-likeness (QED) is 0.229. The number of hydrogen-bond donors (Lipinski definition) is 0. The molecule has 0 aliphatic heterocycles. The fraction of sp³-hybridized carbons (Fsp3) is 0.188. The molecular weight excluding hydrogens is 462 g/mol. The Bertz CT molecular complexity index is 1190. The highest BCUT2D eigenvalue weighted by atomic mass is 16.5. The molecule has 1 atom stereocenters. The van der Waals surface area contributed by atoms with Gasteiger partial charge in [-0.3, -0.25) is 14.5 Å². The van der Waals surface area contributed by atoms with Crippen LogP contribution in [0, 0.1) is 0 Å². The lowest BCUT2D eigenvalue weighted by molar-refractivity contribution is -0.158. The van der Waals surface area contributed by atoms with Crippen molar-refractivity contribution in [1.82, 2.24) is 4.90 Å². The third kappa shape index (κ3) is 8.44. The van der Waals surface area contributed by atoms with Gasteiger partial charge in [-0.25, -0.2) is 0 Å². The molecule has 0 saturated carbocycles. The molecule has 4 rings (SSSR count). The maximum Gasteiger partial charge on any atom is 0.324 e. The molecule has 0 aliphatic rings. The minimum Gasteiger partial charge on any atom is -0.461 e. The van der Waals surface area contributed by atoms with Crippen LogP contribution in [0.25, 0.3) is 0 Å². The van der Waals surface area contributed by atoms with E-state index in [1.165, 1.54) is 0 Å². The standard InChI is InChI=1S/C32H31NO4/c34-31(36-24-28-17-9-3-10-18-28)21-30(32(35)37-25-29-19-11-4-12-20-29)33(22-26-13-5-1-6-14-26)23-27-15-7-2-8-16-27/h1-20,30H,21-25H2/t30-/m1/s1. The first-order valence-corrected chi connectivity index (χ1v) is 12.4. The Balaban J connectivity index is 1.54. The molecule has 5 heteroatoms. The summed E-state index contributed by atoms with van der Waals surface area (Å²) in [7, 11) is 0. The van der Waals surface area contributed by atoms with Crippen molar-refractivity contribution in [3.8, 4) is 0 Å². The van der Waals surface area contributed by atoms with Crippen LogP contribution in [-0.2, 0) is 45.4 Å². The highest BCUT2D eigenvalue weighted by Crippen LogP contribution is 2.19. The first-order chi connectivity index (χ1) is 18.2. The van der Waals surface area contributed by atoms with Crippen LogP contribution in [0.2, 0.25) is 0 Å². The lowest BCUT2D eigenvalue weighted by Gasteiger charge is -2.30. The van der Waals surface area contributed by atoms with Gasteiger partial charge < -0.3 is 9.47 Å². The largest absolute Gasteiger partial charge is 0.461 e. The van der Waals surface area contributed by atoms with E-state index in [2.05, 4.69) is 0 Å². The van der Waals surface area contributed by atoms with Crippen LogP contribution in [0.15, 0.2) is 121 Å². The molecule has 4 aromatic carbocycles. The molecule has 4 aromatic rings. The van der Waals surface area contributed by atoms with Crippen LogP contribution >= 0.6 is 0 Å². The van der Waals surface area contributed by atoms with Gasteiger partial charge in [0, 0.05) is 13.1 Å². The average molecular weight is 494 g/mol. The molecule has 0 radical (unpaired) electrons. The van der Waals surface area contributed by atoms with E-state index in [1.807, 2.05) is 126 Å². The van der Waals surface area contributed by atoms with Gasteiger partial charge in [-0.2, -0.15) is 0 Å². The smallest absolute Gasteiger partial charge is 0.324 e. The van der Waals surface area contributed by atoms with Crippen LogP contribution in [-0.4, -0.2) is 22.9 Å². The van der Waals surface area contributed by atoms with Crippen LogP contribution in [0.3, 0.4) is 0 Å². The van der Waals surface area contributed by atoms with Gasteiger partial charge in [-0.05, 0) is 22.3 Å². The Kier molecular flexibility index (Phi) is 9.62. The van der Waals surface area contributed by atoms with Gasteiger partial charge >= 0.3 is 11.9 Å². The second-order valence-corrected chi connectivity index (χ2v) is 8.84. The Morgan fingerprint density at radius 2 is 0.919 bits per heavy atom. The molecule has 0 bridgehead atoms. The Hall–Kier alpha value is -4.22. The van der Waals surface area contributed by atoms with E-state index >= 15 is 0 Å². The molecule has 0 unspecified atom stereocenters. The molecular formula is C32H31NO4. The first-order valence-electron chi connectivity index (χ1n) is 12.4. The number of nitrogens with zero attached hydrogens (tertiary/aromatic N) is 1. The minimum absolute atomic E-state index is 0.111. The maximum absolute atomic E-state index is 13.5. The van der Waals surface area contributed by atoms with Crippen molar-refractivity contribution >= 4 is 11.9 Å². The van der Waals surface area contributed by atoms with Crippen molar-refractivity contribution in [2.45, 2.75) is 38.8 Å². The summed E-state index contributed by atoms with van der Waals surface area (Å²) in [6.45, 7) is 1.25. The van der Waals surface area contributed by atoms with E-state index in [1.54, 1.807) is 0 Å². The van der Waals surface area contributed by atoms with Gasteiger partial charge in [-0.1, -0.05) is 121 Å². The number of rotatable bonds is 12. The Morgan fingerprint density at radius 1 is 0.541 bits per heavy atom. The van der Waals surface area contributed by atoms with E-state index in [0.717, 1.165) is 22.3 Å². The van der Waals surface area contributed by atoms with Crippen LogP contribution in [0.1, 0.15) is 28.7 Å². The summed E-state index contributed by atoms with van der Waals surface area (Å²) in [5.41, 5.74) is 3.86. The van der Waals surface area contributed by atoms with Crippen molar-refractivity contribution in [2.75, 3.05) is 0 Å². The monoisotopic (exact) mass is 493 g/mol. The Morgan fingerprint density at radius 3 is 1.35 bits per heavy atom. The number of esters is 2. The van der Waals surface area contributed by atoms with E-state index in [0.29, 0.717) is 13.1 Å².